The van der Waals surface area contributed by atoms with E-state index in [1.165, 1.54) is 6.07 Å². The summed E-state index contributed by atoms with van der Waals surface area (Å²) in [5.74, 6) is -3.72. The van der Waals surface area contributed by atoms with Crippen LogP contribution in [0.5, 0.6) is 0 Å². The summed E-state index contributed by atoms with van der Waals surface area (Å²) < 4.78 is 43.5. The van der Waals surface area contributed by atoms with E-state index in [4.69, 9.17) is 0 Å². The van der Waals surface area contributed by atoms with Crippen molar-refractivity contribution in [3.05, 3.63) is 24.0 Å². The van der Waals surface area contributed by atoms with E-state index in [0.29, 0.717) is 56.8 Å². The SMILES string of the molecule is CN(c1ccc(N2CCN(C3CCCCC3(F)F)CC2)c(F)c1)C1CCC(=O)NC1=O. The van der Waals surface area contributed by atoms with E-state index in [9.17, 15) is 22.8 Å². The molecule has 1 saturated carbocycles. The molecule has 1 N–H and O–H groups in total. The summed E-state index contributed by atoms with van der Waals surface area (Å²) in [6.45, 7) is 1.95. The van der Waals surface area contributed by atoms with Gasteiger partial charge in [-0.3, -0.25) is 19.8 Å². The van der Waals surface area contributed by atoms with Gasteiger partial charge in [-0.1, -0.05) is 6.42 Å². The van der Waals surface area contributed by atoms with Gasteiger partial charge in [-0.15, -0.1) is 0 Å². The van der Waals surface area contributed by atoms with Crippen molar-refractivity contribution in [2.75, 3.05) is 43.0 Å². The van der Waals surface area contributed by atoms with Gasteiger partial charge in [-0.25, -0.2) is 13.2 Å². The molecule has 1 aromatic rings. The Kier molecular flexibility index (Phi) is 6.14. The van der Waals surface area contributed by atoms with Gasteiger partial charge in [0, 0.05) is 51.8 Å². The molecule has 3 aliphatic rings. The average molecular weight is 438 g/mol. The minimum absolute atomic E-state index is 0.0470. The lowest BCUT2D eigenvalue weighted by Gasteiger charge is -2.44. The second-order valence-corrected chi connectivity index (χ2v) is 8.76. The molecule has 1 aromatic carbocycles. The highest BCUT2D eigenvalue weighted by Crippen LogP contribution is 2.37. The molecule has 0 aromatic heterocycles. The monoisotopic (exact) mass is 438 g/mol. The van der Waals surface area contributed by atoms with Gasteiger partial charge < -0.3 is 9.80 Å². The zero-order chi connectivity index (χ0) is 22.2. The first-order valence-corrected chi connectivity index (χ1v) is 11.0. The average Bonchev–Trinajstić information content (AvgIpc) is 2.73. The Morgan fingerprint density at radius 1 is 1.10 bits per heavy atom. The quantitative estimate of drug-likeness (QED) is 0.733. The molecule has 0 radical (unpaired) electrons. The lowest BCUT2D eigenvalue weighted by atomic mass is 9.90. The van der Waals surface area contributed by atoms with Gasteiger partial charge in [0.2, 0.25) is 11.8 Å². The topological polar surface area (TPSA) is 55.9 Å². The summed E-state index contributed by atoms with van der Waals surface area (Å²) in [7, 11) is 1.71. The first-order chi connectivity index (χ1) is 14.8. The number of likely N-dealkylation sites (N-methyl/N-ethyl adjacent to an activating group) is 1. The second-order valence-electron chi connectivity index (χ2n) is 8.76. The van der Waals surface area contributed by atoms with Crippen molar-refractivity contribution in [2.45, 2.75) is 56.5 Å². The summed E-state index contributed by atoms with van der Waals surface area (Å²) in [6, 6.07) is 3.59. The molecule has 31 heavy (non-hydrogen) atoms. The Morgan fingerprint density at radius 2 is 1.84 bits per heavy atom. The summed E-state index contributed by atoms with van der Waals surface area (Å²) in [6.07, 6.45) is 2.52. The molecule has 6 nitrogen and oxygen atoms in total. The number of hydrogen-bond donors (Lipinski definition) is 1. The number of carbonyl (C=O) groups is 2. The van der Waals surface area contributed by atoms with E-state index in [1.807, 2.05) is 9.80 Å². The molecule has 4 rings (SSSR count). The van der Waals surface area contributed by atoms with Crippen LogP contribution in [0, 0.1) is 5.82 Å². The minimum atomic E-state index is -2.64. The van der Waals surface area contributed by atoms with Crippen molar-refractivity contribution >= 4 is 23.2 Å². The molecule has 0 bridgehead atoms. The first kappa shape index (κ1) is 21.9. The second kappa shape index (κ2) is 8.68. The van der Waals surface area contributed by atoms with Gasteiger partial charge in [-0.2, -0.15) is 0 Å². The highest BCUT2D eigenvalue weighted by atomic mass is 19.3. The number of nitrogens with zero attached hydrogens (tertiary/aromatic N) is 3. The van der Waals surface area contributed by atoms with Gasteiger partial charge in [-0.05, 0) is 37.5 Å². The maximum Gasteiger partial charge on any atom is 0.263 e. The molecule has 3 fully saturated rings. The van der Waals surface area contributed by atoms with Crippen molar-refractivity contribution in [1.29, 1.82) is 0 Å². The van der Waals surface area contributed by atoms with Crippen molar-refractivity contribution < 1.29 is 22.8 Å². The predicted molar refractivity (Wildman–Crippen MR) is 112 cm³/mol. The number of carbonyl (C=O) groups excluding carboxylic acids is 2. The minimum Gasteiger partial charge on any atom is -0.367 e. The van der Waals surface area contributed by atoms with E-state index in [-0.39, 0.29) is 24.7 Å². The third-order valence-electron chi connectivity index (χ3n) is 6.84. The maximum atomic E-state index is 14.9. The van der Waals surface area contributed by atoms with Crippen LogP contribution < -0.4 is 15.1 Å². The fourth-order valence-corrected chi connectivity index (χ4v) is 5.00. The van der Waals surface area contributed by atoms with Gasteiger partial charge >= 0.3 is 0 Å². The number of amides is 2. The highest BCUT2D eigenvalue weighted by molar-refractivity contribution is 6.01. The van der Waals surface area contributed by atoms with Gasteiger partial charge in [0.05, 0.1) is 11.7 Å². The standard InChI is InChI=1S/C22H29F3N4O2/c1-27(18-7-8-20(30)26-21(18)31)15-5-6-17(16(23)14-15)28-10-12-29(13-11-28)19-4-2-3-9-22(19,24)25/h5-6,14,18-19H,2-4,7-13H2,1H3,(H,26,30,31). The molecule has 2 saturated heterocycles. The Hall–Kier alpha value is -2.29. The third kappa shape index (κ3) is 4.51. The normalized spacial score (nSPS) is 27.2. The first-order valence-electron chi connectivity index (χ1n) is 11.0. The van der Waals surface area contributed by atoms with Gasteiger partial charge in [0.25, 0.3) is 5.92 Å². The number of rotatable bonds is 4. The Labute approximate surface area is 180 Å². The van der Waals surface area contributed by atoms with E-state index < -0.39 is 23.8 Å². The number of alkyl halides is 2. The molecular formula is C22H29F3N4O2. The number of nitrogens with one attached hydrogen (secondary N) is 1. The predicted octanol–water partition coefficient (Wildman–Crippen LogP) is 2.77. The van der Waals surface area contributed by atoms with Crippen LogP contribution in [0.25, 0.3) is 0 Å². The smallest absolute Gasteiger partial charge is 0.263 e. The Balaban J connectivity index is 1.40. The Bertz CT molecular complexity index is 842. The van der Waals surface area contributed by atoms with E-state index >= 15 is 0 Å². The number of halogens is 3. The van der Waals surface area contributed by atoms with Crippen molar-refractivity contribution in [3.8, 4) is 0 Å². The maximum absolute atomic E-state index is 14.9. The third-order valence-corrected chi connectivity index (χ3v) is 6.84. The van der Waals surface area contributed by atoms with Crippen molar-refractivity contribution in [2.24, 2.45) is 0 Å². The van der Waals surface area contributed by atoms with Gasteiger partial charge in [0.1, 0.15) is 11.9 Å². The molecular weight excluding hydrogens is 409 g/mol. The van der Waals surface area contributed by atoms with Crippen molar-refractivity contribution in [3.63, 3.8) is 0 Å². The number of piperazine rings is 1. The number of imide groups is 1. The van der Waals surface area contributed by atoms with E-state index in [0.717, 1.165) is 6.42 Å². The van der Waals surface area contributed by atoms with Crippen LogP contribution >= 0.6 is 0 Å². The van der Waals surface area contributed by atoms with Crippen LogP contribution in [0.3, 0.4) is 0 Å². The summed E-state index contributed by atoms with van der Waals surface area (Å²) in [4.78, 5) is 28.9. The molecule has 2 unspecified atom stereocenters. The summed E-state index contributed by atoms with van der Waals surface area (Å²) in [5.41, 5.74) is 0.992. The zero-order valence-corrected chi connectivity index (χ0v) is 17.7. The summed E-state index contributed by atoms with van der Waals surface area (Å²) in [5, 5.41) is 2.32. The van der Waals surface area contributed by atoms with E-state index in [2.05, 4.69) is 5.32 Å². The van der Waals surface area contributed by atoms with Crippen LogP contribution in [0.4, 0.5) is 24.5 Å². The molecule has 2 aliphatic heterocycles. The van der Waals surface area contributed by atoms with Crippen LogP contribution in [0.1, 0.15) is 38.5 Å². The number of hydrogen-bond acceptors (Lipinski definition) is 5. The lowest BCUT2D eigenvalue weighted by molar-refractivity contribution is -0.134. The molecule has 0 spiro atoms. The zero-order valence-electron chi connectivity index (χ0n) is 17.7. The van der Waals surface area contributed by atoms with Crippen LogP contribution in [-0.2, 0) is 9.59 Å². The fraction of sp³-hybridized carbons (Fsp3) is 0.636. The van der Waals surface area contributed by atoms with Gasteiger partial charge in [0.15, 0.2) is 0 Å². The largest absolute Gasteiger partial charge is 0.367 e. The molecule has 170 valence electrons. The Morgan fingerprint density at radius 3 is 2.48 bits per heavy atom. The van der Waals surface area contributed by atoms with Crippen molar-refractivity contribution in [1.82, 2.24) is 10.2 Å². The number of benzene rings is 1. The summed E-state index contributed by atoms with van der Waals surface area (Å²) >= 11 is 0. The molecule has 2 atom stereocenters. The molecule has 9 heteroatoms. The van der Waals surface area contributed by atoms with Crippen LogP contribution in [-0.4, -0.2) is 67.9 Å². The molecule has 2 amide bonds. The molecule has 2 heterocycles. The number of piperidine rings is 1. The van der Waals surface area contributed by atoms with Crippen LogP contribution in [0.15, 0.2) is 18.2 Å². The van der Waals surface area contributed by atoms with Crippen LogP contribution in [0.2, 0.25) is 0 Å². The number of anilines is 2. The lowest BCUT2D eigenvalue weighted by Crippen LogP contribution is -2.56. The molecule has 1 aliphatic carbocycles. The van der Waals surface area contributed by atoms with E-state index in [1.54, 1.807) is 24.1 Å². The fourth-order valence-electron chi connectivity index (χ4n) is 5.00. The highest BCUT2D eigenvalue weighted by Gasteiger charge is 2.45.